The van der Waals surface area contributed by atoms with Gasteiger partial charge in [-0.2, -0.15) is 0 Å². The predicted octanol–water partition coefficient (Wildman–Crippen LogP) is 0.597. The molecule has 1 rings (SSSR count). The summed E-state index contributed by atoms with van der Waals surface area (Å²) in [6.45, 7) is 7.19. The van der Waals surface area contributed by atoms with Crippen molar-refractivity contribution in [2.75, 3.05) is 31.9 Å². The molecule has 19 heavy (non-hydrogen) atoms. The number of carboxylic acid groups (broad SMARTS) is 1. The maximum Gasteiger partial charge on any atom is 0.304 e. The molecule has 1 aliphatic heterocycles. The van der Waals surface area contributed by atoms with Gasteiger partial charge in [-0.05, 0) is 25.9 Å². The summed E-state index contributed by atoms with van der Waals surface area (Å²) in [5.41, 5.74) is 0. The van der Waals surface area contributed by atoms with E-state index < -0.39 is 16.0 Å². The largest absolute Gasteiger partial charge is 0.481 e. The Hall–Kier alpha value is -0.660. The lowest BCUT2D eigenvalue weighted by Crippen LogP contribution is -2.47. The molecule has 0 aromatic rings. The molecule has 0 spiro atoms. The maximum absolute atomic E-state index is 12.0. The third-order valence-corrected chi connectivity index (χ3v) is 5.59. The monoisotopic (exact) mass is 292 g/mol. The van der Waals surface area contributed by atoms with Crippen LogP contribution in [0.4, 0.5) is 0 Å². The van der Waals surface area contributed by atoms with E-state index in [-0.39, 0.29) is 12.2 Å². The molecule has 6 nitrogen and oxygen atoms in total. The van der Waals surface area contributed by atoms with Crippen molar-refractivity contribution in [3.8, 4) is 0 Å². The van der Waals surface area contributed by atoms with Crippen LogP contribution in [0.15, 0.2) is 0 Å². The molecule has 0 atom stereocenters. The summed E-state index contributed by atoms with van der Waals surface area (Å²) in [6.07, 6.45) is 1.33. The molecular formula is C12H24N2O4S. The number of hydrogen-bond acceptors (Lipinski definition) is 4. The number of piperidine rings is 1. The van der Waals surface area contributed by atoms with Gasteiger partial charge in [0.25, 0.3) is 0 Å². The van der Waals surface area contributed by atoms with Crippen LogP contribution in [0.2, 0.25) is 0 Å². The van der Waals surface area contributed by atoms with Gasteiger partial charge < -0.3 is 10.0 Å². The molecule has 0 amide bonds. The second-order valence-electron chi connectivity index (χ2n) is 4.81. The Balaban J connectivity index is 2.51. The third-order valence-electron chi connectivity index (χ3n) is 3.72. The number of carbonyl (C=O) groups is 1. The highest BCUT2D eigenvalue weighted by atomic mass is 32.2. The van der Waals surface area contributed by atoms with E-state index in [1.807, 2.05) is 0 Å². The van der Waals surface area contributed by atoms with Crippen molar-refractivity contribution in [1.29, 1.82) is 0 Å². The van der Waals surface area contributed by atoms with Gasteiger partial charge in [0.2, 0.25) is 10.0 Å². The third kappa shape index (κ3) is 4.74. The van der Waals surface area contributed by atoms with Crippen molar-refractivity contribution in [1.82, 2.24) is 9.21 Å². The van der Waals surface area contributed by atoms with Gasteiger partial charge >= 0.3 is 5.97 Å². The van der Waals surface area contributed by atoms with Crippen LogP contribution in [0.25, 0.3) is 0 Å². The van der Waals surface area contributed by atoms with E-state index in [2.05, 4.69) is 18.7 Å². The minimum Gasteiger partial charge on any atom is -0.481 e. The van der Waals surface area contributed by atoms with Gasteiger partial charge in [0.05, 0.1) is 12.2 Å². The second kappa shape index (κ2) is 7.21. The summed E-state index contributed by atoms with van der Waals surface area (Å²) >= 11 is 0. The van der Waals surface area contributed by atoms with Gasteiger partial charge in [0, 0.05) is 19.1 Å². The van der Waals surface area contributed by atoms with Crippen LogP contribution < -0.4 is 0 Å². The Morgan fingerprint density at radius 2 is 1.79 bits per heavy atom. The van der Waals surface area contributed by atoms with Crippen molar-refractivity contribution in [3.05, 3.63) is 0 Å². The zero-order valence-corrected chi connectivity index (χ0v) is 12.5. The summed E-state index contributed by atoms with van der Waals surface area (Å²) in [4.78, 5) is 12.8. The number of hydrogen-bond donors (Lipinski definition) is 1. The fourth-order valence-corrected chi connectivity index (χ4v) is 4.03. The topological polar surface area (TPSA) is 77.9 Å². The molecule has 1 heterocycles. The molecule has 1 aliphatic rings. The predicted molar refractivity (Wildman–Crippen MR) is 73.6 cm³/mol. The van der Waals surface area contributed by atoms with Crippen LogP contribution in [-0.4, -0.2) is 66.7 Å². The number of carboxylic acids is 1. The first-order valence-corrected chi connectivity index (χ1v) is 8.45. The Morgan fingerprint density at radius 3 is 2.21 bits per heavy atom. The number of nitrogens with zero attached hydrogens (tertiary/aromatic N) is 2. The molecule has 0 aliphatic carbocycles. The number of aliphatic carboxylic acids is 1. The first-order chi connectivity index (χ1) is 8.90. The highest BCUT2D eigenvalue weighted by molar-refractivity contribution is 7.89. The van der Waals surface area contributed by atoms with Crippen LogP contribution in [0.3, 0.4) is 0 Å². The Bertz CT molecular complexity index is 385. The first-order valence-electron chi connectivity index (χ1n) is 6.84. The minimum atomic E-state index is -3.41. The van der Waals surface area contributed by atoms with Crippen molar-refractivity contribution in [2.24, 2.45) is 0 Å². The molecule has 0 aromatic carbocycles. The fraction of sp³-hybridized carbons (Fsp3) is 0.917. The van der Waals surface area contributed by atoms with Gasteiger partial charge in [0.15, 0.2) is 0 Å². The Morgan fingerprint density at radius 1 is 1.26 bits per heavy atom. The number of rotatable bonds is 7. The molecule has 1 N–H and O–H groups in total. The molecule has 0 unspecified atom stereocenters. The van der Waals surface area contributed by atoms with E-state index in [1.54, 1.807) is 0 Å². The zero-order valence-electron chi connectivity index (χ0n) is 11.7. The van der Waals surface area contributed by atoms with Gasteiger partial charge in [0.1, 0.15) is 0 Å². The molecule has 1 fully saturated rings. The molecule has 0 aromatic heterocycles. The summed E-state index contributed by atoms with van der Waals surface area (Å²) < 4.78 is 25.3. The smallest absolute Gasteiger partial charge is 0.304 e. The highest BCUT2D eigenvalue weighted by Gasteiger charge is 2.29. The van der Waals surface area contributed by atoms with Crippen molar-refractivity contribution in [2.45, 2.75) is 39.2 Å². The number of sulfonamides is 1. The molecule has 112 valence electrons. The Labute approximate surface area is 115 Å². The van der Waals surface area contributed by atoms with E-state index in [0.29, 0.717) is 19.1 Å². The molecular weight excluding hydrogens is 268 g/mol. The molecule has 1 saturated heterocycles. The Kier molecular flexibility index (Phi) is 6.22. The van der Waals surface area contributed by atoms with Crippen LogP contribution in [0.5, 0.6) is 0 Å². The van der Waals surface area contributed by atoms with Gasteiger partial charge in [-0.1, -0.05) is 13.8 Å². The summed E-state index contributed by atoms with van der Waals surface area (Å²) in [7, 11) is -3.41. The van der Waals surface area contributed by atoms with Crippen molar-refractivity contribution in [3.63, 3.8) is 0 Å². The molecule has 0 saturated carbocycles. The molecule has 7 heteroatoms. The van der Waals surface area contributed by atoms with Crippen LogP contribution in [-0.2, 0) is 14.8 Å². The van der Waals surface area contributed by atoms with E-state index in [0.717, 1.165) is 25.9 Å². The maximum atomic E-state index is 12.0. The SMILES string of the molecule is CCN(CC)C1CCN(S(=O)(=O)CCC(=O)O)CC1. The lowest BCUT2D eigenvalue weighted by molar-refractivity contribution is -0.136. The average molecular weight is 292 g/mol. The summed E-state index contributed by atoms with van der Waals surface area (Å²) in [5, 5.41) is 8.56. The van der Waals surface area contributed by atoms with Gasteiger partial charge in [-0.25, -0.2) is 12.7 Å². The lowest BCUT2D eigenvalue weighted by Gasteiger charge is -2.37. The average Bonchev–Trinajstić information content (AvgIpc) is 2.39. The van der Waals surface area contributed by atoms with Crippen molar-refractivity contribution < 1.29 is 18.3 Å². The normalized spacial score (nSPS) is 18.9. The van der Waals surface area contributed by atoms with Crippen molar-refractivity contribution >= 4 is 16.0 Å². The second-order valence-corrected chi connectivity index (χ2v) is 6.90. The van der Waals surface area contributed by atoms with Gasteiger partial charge in [-0.15, -0.1) is 0 Å². The lowest BCUT2D eigenvalue weighted by atomic mass is 10.1. The van der Waals surface area contributed by atoms with Crippen LogP contribution in [0.1, 0.15) is 33.1 Å². The molecule has 0 radical (unpaired) electrons. The van der Waals surface area contributed by atoms with Crippen LogP contribution in [0, 0.1) is 0 Å². The van der Waals surface area contributed by atoms with E-state index >= 15 is 0 Å². The summed E-state index contributed by atoms with van der Waals surface area (Å²) in [6, 6.07) is 0.445. The fourth-order valence-electron chi connectivity index (χ4n) is 2.57. The molecule has 0 bridgehead atoms. The van der Waals surface area contributed by atoms with E-state index in [9.17, 15) is 13.2 Å². The van der Waals surface area contributed by atoms with Crippen LogP contribution >= 0.6 is 0 Å². The first kappa shape index (κ1) is 16.4. The summed E-state index contributed by atoms with van der Waals surface area (Å²) in [5.74, 6) is -1.36. The zero-order chi connectivity index (χ0) is 14.5. The quantitative estimate of drug-likeness (QED) is 0.743. The highest BCUT2D eigenvalue weighted by Crippen LogP contribution is 2.19. The van der Waals surface area contributed by atoms with Gasteiger partial charge in [-0.3, -0.25) is 4.79 Å². The standard InChI is InChI=1S/C12H24N2O4S/c1-3-13(4-2)11-5-8-14(9-6-11)19(17,18)10-7-12(15)16/h11H,3-10H2,1-2H3,(H,15,16). The van der Waals surface area contributed by atoms with E-state index in [4.69, 9.17) is 5.11 Å². The minimum absolute atomic E-state index is 0.293. The van der Waals surface area contributed by atoms with E-state index in [1.165, 1.54) is 4.31 Å².